The first-order chi connectivity index (χ1) is 27.2. The number of Topliss-reactive ketones (excluding diaryl/α,β-unsaturated/α-hetero) is 2. The summed E-state index contributed by atoms with van der Waals surface area (Å²) in [5, 5.41) is 44.5. The first-order valence-corrected chi connectivity index (χ1v) is 19.1. The number of nitriles is 4. The van der Waals surface area contributed by atoms with Gasteiger partial charge in [0.2, 0.25) is 11.6 Å². The van der Waals surface area contributed by atoms with Crippen LogP contribution in [0.1, 0.15) is 31.8 Å². The lowest BCUT2D eigenvalue weighted by molar-refractivity contribution is 0.106. The van der Waals surface area contributed by atoms with Gasteiger partial charge < -0.3 is 9.13 Å². The standard InChI is InChI=1S/C44H22N8O2S2/c1-51-31-13-21-12-30-32(52(2)34-16-36(56-44(30)34)50-40-38(24(19-47)20-48)26-8-4-6-10-28(26)42(40)54)14-22(21)11-29(31)43-33(51)15-35(55-43)49-39-37(23(17-45)18-46)25-7-3-5-9-27(25)41(39)53/h3-16,21-22H,1-2H3. The Morgan fingerprint density at radius 3 is 1.34 bits per heavy atom. The molecule has 0 saturated heterocycles. The number of rotatable bonds is 2. The number of carbonyl (C=O) groups is 2. The number of aromatic nitrogens is 2. The number of aliphatic imine (C=N–C) groups is 2. The van der Waals surface area contributed by atoms with E-state index in [1.165, 1.54) is 22.7 Å². The number of aryl methyl sites for hydroxylation is 2. The predicted octanol–water partition coefficient (Wildman–Crippen LogP) is 5.41. The fourth-order valence-electron chi connectivity index (χ4n) is 8.35. The second-order valence-electron chi connectivity index (χ2n) is 13.8. The van der Waals surface area contributed by atoms with Crippen molar-refractivity contribution in [2.75, 3.05) is 0 Å². The minimum atomic E-state index is -0.308. The van der Waals surface area contributed by atoms with Gasteiger partial charge in [-0.25, -0.2) is 9.98 Å². The van der Waals surface area contributed by atoms with Crippen molar-refractivity contribution in [2.45, 2.75) is 0 Å². The number of nitrogens with zero attached hydrogens (tertiary/aromatic N) is 8. The lowest BCUT2D eigenvalue weighted by Gasteiger charge is -2.21. The molecule has 2 aromatic carbocycles. The van der Waals surface area contributed by atoms with Crippen molar-refractivity contribution in [2.24, 2.45) is 35.9 Å². The molecule has 262 valence electrons. The summed E-state index contributed by atoms with van der Waals surface area (Å²) in [6, 6.07) is 25.6. The third-order valence-electron chi connectivity index (χ3n) is 10.9. The highest BCUT2D eigenvalue weighted by atomic mass is 32.1. The van der Waals surface area contributed by atoms with E-state index in [2.05, 4.69) is 33.4 Å². The van der Waals surface area contributed by atoms with Gasteiger partial charge in [0.1, 0.15) is 56.8 Å². The predicted molar refractivity (Wildman–Crippen MR) is 217 cm³/mol. The monoisotopic (exact) mass is 758 g/mol. The van der Waals surface area contributed by atoms with Crippen LogP contribution in [-0.4, -0.2) is 32.1 Å². The van der Waals surface area contributed by atoms with E-state index < -0.39 is 0 Å². The molecular weight excluding hydrogens is 737 g/mol. The SMILES string of the molecule is Cn1c2c(c3sc(N=C4C(=O)c5ccccc5C4=C(C#N)C#N)cc31)=CC1C=c3c(c4sc(N=C5C(=O)c6ccccc6C5=C(C#N)C#N)cc4n3C)=CC1C=2. The third-order valence-corrected chi connectivity index (χ3v) is 13.0. The van der Waals surface area contributed by atoms with Gasteiger partial charge in [0.25, 0.3) is 0 Å². The van der Waals surface area contributed by atoms with Gasteiger partial charge in [0, 0.05) is 69.3 Å². The van der Waals surface area contributed by atoms with Gasteiger partial charge in [-0.15, -0.1) is 22.7 Å². The third kappa shape index (κ3) is 4.49. The summed E-state index contributed by atoms with van der Waals surface area (Å²) >= 11 is 2.95. The van der Waals surface area contributed by atoms with E-state index in [9.17, 15) is 30.6 Å². The Hall–Kier alpha value is -7.48. The number of thiophene rings is 2. The highest BCUT2D eigenvalue weighted by Gasteiger charge is 2.36. The van der Waals surface area contributed by atoms with E-state index in [0.29, 0.717) is 32.3 Å². The summed E-state index contributed by atoms with van der Waals surface area (Å²) in [4.78, 5) is 36.6. The average Bonchev–Trinajstić information content (AvgIpc) is 4.04. The number of benzene rings is 2. The van der Waals surface area contributed by atoms with Crippen molar-refractivity contribution in [3.05, 3.63) is 115 Å². The fraction of sp³-hybridized carbons (Fsp3) is 0.0909. The van der Waals surface area contributed by atoms with Crippen molar-refractivity contribution in [3.63, 3.8) is 0 Å². The summed E-state index contributed by atoms with van der Waals surface area (Å²) in [5.41, 5.74) is 4.34. The minimum Gasteiger partial charge on any atom is -0.343 e. The smallest absolute Gasteiger partial charge is 0.212 e. The molecule has 4 heterocycles. The van der Waals surface area contributed by atoms with Crippen molar-refractivity contribution in [3.8, 4) is 24.3 Å². The molecule has 10 rings (SSSR count). The molecule has 4 aromatic heterocycles. The molecule has 2 unspecified atom stereocenters. The van der Waals surface area contributed by atoms with Crippen LogP contribution in [0.4, 0.5) is 10.0 Å². The molecule has 6 aromatic rings. The van der Waals surface area contributed by atoms with Gasteiger partial charge >= 0.3 is 0 Å². The first kappa shape index (κ1) is 33.1. The van der Waals surface area contributed by atoms with E-state index >= 15 is 0 Å². The molecule has 10 nitrogen and oxygen atoms in total. The van der Waals surface area contributed by atoms with Gasteiger partial charge in [0.15, 0.2) is 0 Å². The minimum absolute atomic E-state index is 0.0758. The topological polar surface area (TPSA) is 164 Å². The lowest BCUT2D eigenvalue weighted by atomic mass is 9.84. The molecule has 56 heavy (non-hydrogen) atoms. The normalized spacial score (nSPS) is 18.8. The molecule has 12 heteroatoms. The van der Waals surface area contributed by atoms with Crippen LogP contribution in [-0.2, 0) is 14.1 Å². The Balaban J connectivity index is 1.06. The molecular formula is C44H22N8O2S2. The van der Waals surface area contributed by atoms with Crippen LogP contribution in [0.5, 0.6) is 0 Å². The quantitative estimate of drug-likeness (QED) is 0.214. The van der Waals surface area contributed by atoms with Crippen molar-refractivity contribution >= 4 is 112 Å². The summed E-state index contributed by atoms with van der Waals surface area (Å²) in [6.45, 7) is 0. The molecule has 0 saturated carbocycles. The maximum Gasteiger partial charge on any atom is 0.212 e. The fourth-order valence-corrected chi connectivity index (χ4v) is 10.5. The highest BCUT2D eigenvalue weighted by Crippen LogP contribution is 2.39. The Kier molecular flexibility index (Phi) is 7.10. The zero-order chi connectivity index (χ0) is 38.6. The molecule has 0 radical (unpaired) electrons. The van der Waals surface area contributed by atoms with Crippen LogP contribution >= 0.6 is 22.7 Å². The highest BCUT2D eigenvalue weighted by molar-refractivity contribution is 7.23. The Morgan fingerprint density at radius 2 is 0.964 bits per heavy atom. The molecule has 0 bridgehead atoms. The second kappa shape index (κ2) is 12.0. The molecule has 0 aliphatic heterocycles. The molecule has 0 N–H and O–H groups in total. The van der Waals surface area contributed by atoms with E-state index in [4.69, 9.17) is 9.98 Å². The van der Waals surface area contributed by atoms with Gasteiger partial charge in [-0.05, 0) is 23.3 Å². The van der Waals surface area contributed by atoms with Gasteiger partial charge in [-0.1, -0.05) is 72.8 Å². The molecule has 4 aliphatic carbocycles. The van der Waals surface area contributed by atoms with Crippen LogP contribution in [0.15, 0.2) is 81.8 Å². The molecule has 0 fully saturated rings. The van der Waals surface area contributed by atoms with E-state index in [1.807, 2.05) is 50.5 Å². The van der Waals surface area contributed by atoms with Crippen LogP contribution in [0, 0.1) is 57.2 Å². The van der Waals surface area contributed by atoms with E-state index in [0.717, 1.165) is 41.6 Å². The Bertz CT molecular complexity index is 3230. The van der Waals surface area contributed by atoms with Gasteiger partial charge in [0.05, 0.1) is 20.4 Å². The molecule has 0 amide bonds. The van der Waals surface area contributed by atoms with Gasteiger partial charge in [-0.3, -0.25) is 9.59 Å². The number of ketones is 2. The number of allylic oxidation sites excluding steroid dienone is 4. The van der Waals surface area contributed by atoms with E-state index in [1.54, 1.807) is 48.5 Å². The summed E-state index contributed by atoms with van der Waals surface area (Å²) < 4.78 is 6.35. The molecule has 2 atom stereocenters. The van der Waals surface area contributed by atoms with Crippen LogP contribution < -0.4 is 21.1 Å². The average molecular weight is 759 g/mol. The molecule has 4 aliphatic rings. The summed E-state index contributed by atoms with van der Waals surface area (Å²) in [5.74, 6) is -0.465. The number of fused-ring (bicyclic) bond motifs is 9. The number of carbonyl (C=O) groups excluding carboxylic acids is 2. The zero-order valence-corrected chi connectivity index (χ0v) is 31.1. The Labute approximate surface area is 325 Å². The first-order valence-electron chi connectivity index (χ1n) is 17.4. The van der Waals surface area contributed by atoms with Gasteiger partial charge in [-0.2, -0.15) is 21.0 Å². The van der Waals surface area contributed by atoms with Crippen molar-refractivity contribution in [1.82, 2.24) is 9.13 Å². The maximum absolute atomic E-state index is 13.5. The number of hydrogen-bond donors (Lipinski definition) is 0. The Morgan fingerprint density at radius 1 is 0.589 bits per heavy atom. The largest absolute Gasteiger partial charge is 0.343 e. The van der Waals surface area contributed by atoms with E-state index in [-0.39, 0.29) is 57.1 Å². The van der Waals surface area contributed by atoms with Crippen LogP contribution in [0.3, 0.4) is 0 Å². The molecule has 0 spiro atoms. The summed E-state index contributed by atoms with van der Waals surface area (Å²) in [7, 11) is 4.03. The maximum atomic E-state index is 13.5. The number of hydrogen-bond acceptors (Lipinski definition) is 10. The van der Waals surface area contributed by atoms with Crippen molar-refractivity contribution in [1.29, 1.82) is 21.0 Å². The van der Waals surface area contributed by atoms with Crippen LogP contribution in [0.2, 0.25) is 0 Å². The van der Waals surface area contributed by atoms with Crippen molar-refractivity contribution < 1.29 is 9.59 Å². The lowest BCUT2D eigenvalue weighted by Crippen LogP contribution is -2.39. The zero-order valence-electron chi connectivity index (χ0n) is 29.4. The second-order valence-corrected chi connectivity index (χ2v) is 15.8. The summed E-state index contributed by atoms with van der Waals surface area (Å²) in [6.07, 6.45) is 9.15. The van der Waals surface area contributed by atoms with Crippen LogP contribution in [0.25, 0.3) is 55.9 Å².